The average Bonchev–Trinajstić information content (AvgIpc) is 2.96. The molecular weight excluding hydrogens is 350 g/mol. The summed E-state index contributed by atoms with van der Waals surface area (Å²) in [6.45, 7) is 5.39. The van der Waals surface area contributed by atoms with E-state index in [0.717, 1.165) is 50.0 Å². The maximum atomic E-state index is 13.3. The van der Waals surface area contributed by atoms with E-state index in [4.69, 9.17) is 5.73 Å². The molecule has 4 saturated carbocycles. The topological polar surface area (TPSA) is 75.4 Å². The van der Waals surface area contributed by atoms with Crippen molar-refractivity contribution in [3.05, 3.63) is 0 Å². The summed E-state index contributed by atoms with van der Waals surface area (Å²) in [7, 11) is 0. The molecule has 0 aromatic heterocycles. The number of likely N-dealkylation sites (tertiary alicyclic amines) is 1. The molecule has 5 aliphatic rings. The number of rotatable bonds is 4. The van der Waals surface area contributed by atoms with Crippen LogP contribution in [0.1, 0.15) is 58.8 Å². The van der Waals surface area contributed by atoms with Crippen molar-refractivity contribution in [1.82, 2.24) is 10.2 Å². The highest BCUT2D eigenvalue weighted by molar-refractivity contribution is 5.90. The van der Waals surface area contributed by atoms with E-state index in [-0.39, 0.29) is 41.6 Å². The molecule has 5 fully saturated rings. The van der Waals surface area contributed by atoms with Crippen LogP contribution in [0.15, 0.2) is 0 Å². The molecule has 26 heavy (non-hydrogen) atoms. The van der Waals surface area contributed by atoms with Gasteiger partial charge in [0.1, 0.15) is 6.04 Å². The Hall–Kier alpha value is -0.810. The minimum Gasteiger partial charge on any atom is -0.344 e. The number of nitrogens with zero attached hydrogens (tertiary/aromatic N) is 1. The van der Waals surface area contributed by atoms with Crippen molar-refractivity contribution in [2.75, 3.05) is 13.1 Å². The van der Waals surface area contributed by atoms with E-state index < -0.39 is 6.04 Å². The third-order valence-corrected chi connectivity index (χ3v) is 7.28. The molecule has 5 nitrogen and oxygen atoms in total. The monoisotopic (exact) mass is 383 g/mol. The molecule has 148 valence electrons. The van der Waals surface area contributed by atoms with Crippen LogP contribution in [0.5, 0.6) is 0 Å². The molecule has 2 amide bonds. The van der Waals surface area contributed by atoms with E-state index in [1.807, 2.05) is 18.7 Å². The quantitative estimate of drug-likeness (QED) is 0.782. The lowest BCUT2D eigenvalue weighted by Crippen LogP contribution is -2.58. The van der Waals surface area contributed by atoms with Crippen LogP contribution < -0.4 is 11.1 Å². The Kier molecular flexibility index (Phi) is 5.60. The zero-order valence-corrected chi connectivity index (χ0v) is 16.9. The second-order valence-electron chi connectivity index (χ2n) is 9.73. The van der Waals surface area contributed by atoms with Crippen LogP contribution >= 0.6 is 12.4 Å². The van der Waals surface area contributed by atoms with E-state index in [2.05, 4.69) is 5.32 Å². The third kappa shape index (κ3) is 3.49. The predicted octanol–water partition coefficient (Wildman–Crippen LogP) is 2.32. The van der Waals surface area contributed by atoms with Crippen LogP contribution in [-0.4, -0.2) is 41.9 Å². The SMILES string of the molecule is CC(C)C(NC(=O)C12CC3CC(CC(C3)C1)C2)C(=O)N1CC[C@@H](N)C1.Cl. The minimum atomic E-state index is -0.411. The molecule has 6 heteroatoms. The van der Waals surface area contributed by atoms with Crippen LogP contribution in [0.3, 0.4) is 0 Å². The molecule has 0 aromatic carbocycles. The first kappa shape index (κ1) is 19.9. The fourth-order valence-corrected chi connectivity index (χ4v) is 6.38. The van der Waals surface area contributed by atoms with Gasteiger partial charge in [0.25, 0.3) is 0 Å². The maximum Gasteiger partial charge on any atom is 0.245 e. The summed E-state index contributed by atoms with van der Waals surface area (Å²) in [6.07, 6.45) is 7.95. The number of halogens is 1. The Labute approximate surface area is 163 Å². The first-order valence-corrected chi connectivity index (χ1v) is 10.2. The highest BCUT2D eigenvalue weighted by Gasteiger charge is 2.55. The van der Waals surface area contributed by atoms with Gasteiger partial charge in [0, 0.05) is 24.5 Å². The van der Waals surface area contributed by atoms with Gasteiger partial charge in [-0.25, -0.2) is 0 Å². The number of carbonyl (C=O) groups excluding carboxylic acids is 2. The highest BCUT2D eigenvalue weighted by Crippen LogP contribution is 2.60. The fraction of sp³-hybridized carbons (Fsp3) is 0.900. The second-order valence-corrected chi connectivity index (χ2v) is 9.73. The molecule has 0 radical (unpaired) electrons. The molecule has 1 unspecified atom stereocenters. The molecule has 3 N–H and O–H groups in total. The fourth-order valence-electron chi connectivity index (χ4n) is 6.38. The lowest BCUT2D eigenvalue weighted by atomic mass is 9.49. The summed E-state index contributed by atoms with van der Waals surface area (Å²) in [5, 5.41) is 3.19. The van der Waals surface area contributed by atoms with Gasteiger partial charge in [-0.2, -0.15) is 0 Å². The number of carbonyl (C=O) groups is 2. The van der Waals surface area contributed by atoms with Gasteiger partial charge in [-0.3, -0.25) is 9.59 Å². The van der Waals surface area contributed by atoms with Crippen molar-refractivity contribution < 1.29 is 9.59 Å². The van der Waals surface area contributed by atoms with Crippen molar-refractivity contribution in [2.45, 2.75) is 70.9 Å². The van der Waals surface area contributed by atoms with Crippen molar-refractivity contribution >= 4 is 24.2 Å². The zero-order chi connectivity index (χ0) is 17.8. The normalized spacial score (nSPS) is 39.0. The van der Waals surface area contributed by atoms with E-state index >= 15 is 0 Å². The Morgan fingerprint density at radius 2 is 1.62 bits per heavy atom. The van der Waals surface area contributed by atoms with Gasteiger partial charge in [-0.05, 0) is 68.6 Å². The molecule has 0 spiro atoms. The molecule has 5 rings (SSSR count). The van der Waals surface area contributed by atoms with Crippen molar-refractivity contribution in [3.63, 3.8) is 0 Å². The molecule has 0 aromatic rings. The van der Waals surface area contributed by atoms with Gasteiger partial charge >= 0.3 is 0 Å². The van der Waals surface area contributed by atoms with Crippen LogP contribution in [0.25, 0.3) is 0 Å². The Balaban J connectivity index is 0.00000196. The first-order chi connectivity index (χ1) is 11.9. The summed E-state index contributed by atoms with van der Waals surface area (Å²) in [5.74, 6) is 2.52. The van der Waals surface area contributed by atoms with Gasteiger partial charge in [-0.15, -0.1) is 12.4 Å². The summed E-state index contributed by atoms with van der Waals surface area (Å²) >= 11 is 0. The smallest absolute Gasteiger partial charge is 0.245 e. The van der Waals surface area contributed by atoms with Gasteiger partial charge < -0.3 is 16.0 Å². The Morgan fingerprint density at radius 3 is 2.04 bits per heavy atom. The molecule has 1 saturated heterocycles. The maximum absolute atomic E-state index is 13.3. The molecular formula is C20H34ClN3O2. The lowest BCUT2D eigenvalue weighted by molar-refractivity contribution is -0.150. The second kappa shape index (κ2) is 7.31. The van der Waals surface area contributed by atoms with E-state index in [1.165, 1.54) is 19.3 Å². The van der Waals surface area contributed by atoms with E-state index in [9.17, 15) is 9.59 Å². The first-order valence-electron chi connectivity index (χ1n) is 10.2. The Bertz CT molecular complexity index is 530. The van der Waals surface area contributed by atoms with Gasteiger partial charge in [0.2, 0.25) is 11.8 Å². The minimum absolute atomic E-state index is 0. The molecule has 4 aliphatic carbocycles. The number of amides is 2. The van der Waals surface area contributed by atoms with E-state index in [1.54, 1.807) is 0 Å². The third-order valence-electron chi connectivity index (χ3n) is 7.28. The van der Waals surface area contributed by atoms with Crippen LogP contribution in [0.2, 0.25) is 0 Å². The number of nitrogens with one attached hydrogen (secondary N) is 1. The summed E-state index contributed by atoms with van der Waals surface area (Å²) in [5.41, 5.74) is 5.77. The van der Waals surface area contributed by atoms with Crippen LogP contribution in [0.4, 0.5) is 0 Å². The molecule has 4 bridgehead atoms. The predicted molar refractivity (Wildman–Crippen MR) is 104 cm³/mol. The number of hydrogen-bond acceptors (Lipinski definition) is 3. The van der Waals surface area contributed by atoms with Gasteiger partial charge in [-0.1, -0.05) is 13.8 Å². The van der Waals surface area contributed by atoms with Crippen LogP contribution in [0, 0.1) is 29.1 Å². The summed E-state index contributed by atoms with van der Waals surface area (Å²) in [4.78, 5) is 28.1. The Morgan fingerprint density at radius 1 is 1.08 bits per heavy atom. The molecule has 1 aliphatic heterocycles. The zero-order valence-electron chi connectivity index (χ0n) is 16.1. The molecule has 2 atom stereocenters. The van der Waals surface area contributed by atoms with Crippen molar-refractivity contribution in [3.8, 4) is 0 Å². The molecule has 1 heterocycles. The standard InChI is InChI=1S/C20H33N3O2.ClH/c1-12(2)17(18(24)23-4-3-16(21)11-23)22-19(25)20-8-13-5-14(9-20)7-15(6-13)10-20;/h12-17H,3-11,21H2,1-2H3,(H,22,25);1H/t13?,14?,15?,16-,17?,20?;/m1./s1. The van der Waals surface area contributed by atoms with Gasteiger partial charge in [0.05, 0.1) is 0 Å². The van der Waals surface area contributed by atoms with Gasteiger partial charge in [0.15, 0.2) is 0 Å². The highest BCUT2D eigenvalue weighted by atomic mass is 35.5. The summed E-state index contributed by atoms with van der Waals surface area (Å²) < 4.78 is 0. The van der Waals surface area contributed by atoms with Crippen molar-refractivity contribution in [1.29, 1.82) is 0 Å². The number of hydrogen-bond donors (Lipinski definition) is 2. The largest absolute Gasteiger partial charge is 0.344 e. The van der Waals surface area contributed by atoms with E-state index in [0.29, 0.717) is 6.54 Å². The van der Waals surface area contributed by atoms with Crippen LogP contribution in [-0.2, 0) is 9.59 Å². The number of nitrogens with two attached hydrogens (primary N) is 1. The van der Waals surface area contributed by atoms with Crippen molar-refractivity contribution in [2.24, 2.45) is 34.8 Å². The lowest BCUT2D eigenvalue weighted by Gasteiger charge is -2.56. The summed E-state index contributed by atoms with van der Waals surface area (Å²) in [6, 6.07) is -0.332. The average molecular weight is 384 g/mol.